The fraction of sp³-hybridized carbons (Fsp3) is 0.700. The second-order valence-electron chi connectivity index (χ2n) is 3.41. The van der Waals surface area contributed by atoms with Gasteiger partial charge in [0.1, 0.15) is 6.33 Å². The quantitative estimate of drug-likeness (QED) is 0.676. The number of nitrogens with one attached hydrogen (secondary N) is 1. The Hall–Kier alpha value is -1.04. The molecule has 0 amide bonds. The van der Waals surface area contributed by atoms with Crippen LogP contribution in [0, 0.1) is 0 Å². The summed E-state index contributed by atoms with van der Waals surface area (Å²) in [7, 11) is 0. The highest BCUT2D eigenvalue weighted by Crippen LogP contribution is 2.06. The maximum Gasteiger partial charge on any atom is 0.227 e. The van der Waals surface area contributed by atoms with Crippen molar-refractivity contribution in [2.75, 3.05) is 29.1 Å². The number of aromatic nitrogens is 3. The summed E-state index contributed by atoms with van der Waals surface area (Å²) in [5.74, 6) is 3.11. The zero-order valence-electron chi connectivity index (χ0n) is 9.65. The zero-order chi connectivity index (χ0) is 11.6. The summed E-state index contributed by atoms with van der Waals surface area (Å²) in [6.07, 6.45) is 5.33. The van der Waals surface area contributed by atoms with Gasteiger partial charge in [-0.05, 0) is 12.2 Å². The van der Waals surface area contributed by atoms with Gasteiger partial charge in [0, 0.05) is 12.3 Å². The van der Waals surface area contributed by atoms with Crippen LogP contribution in [0.15, 0.2) is 6.33 Å². The number of nitrogens with two attached hydrogens (primary N) is 1. The topological polar surface area (TPSA) is 76.7 Å². The zero-order valence-corrected chi connectivity index (χ0v) is 10.5. The summed E-state index contributed by atoms with van der Waals surface area (Å²) in [5, 5.41) is 3.11. The van der Waals surface area contributed by atoms with Crippen molar-refractivity contribution in [3.63, 3.8) is 0 Å². The Kier molecular flexibility index (Phi) is 6.64. The minimum Gasteiger partial charge on any atom is -0.368 e. The molecule has 0 unspecified atom stereocenters. The Labute approximate surface area is 101 Å². The molecule has 1 aromatic rings. The number of rotatable bonds is 8. The normalized spacial score (nSPS) is 10.3. The average Bonchev–Trinajstić information content (AvgIpc) is 2.28. The van der Waals surface area contributed by atoms with E-state index in [9.17, 15) is 0 Å². The number of hydrogen-bond donors (Lipinski definition) is 2. The summed E-state index contributed by atoms with van der Waals surface area (Å²) in [6, 6.07) is 0. The molecule has 0 aromatic carbocycles. The van der Waals surface area contributed by atoms with E-state index in [-0.39, 0.29) is 5.95 Å². The molecular weight excluding hydrogens is 222 g/mol. The molecular formula is C10H19N5S. The molecule has 0 aliphatic rings. The predicted molar refractivity (Wildman–Crippen MR) is 69.6 cm³/mol. The highest BCUT2D eigenvalue weighted by molar-refractivity contribution is 7.99. The van der Waals surface area contributed by atoms with Crippen LogP contribution in [0.25, 0.3) is 0 Å². The van der Waals surface area contributed by atoms with E-state index in [1.807, 2.05) is 11.8 Å². The molecule has 0 atom stereocenters. The third kappa shape index (κ3) is 5.75. The second kappa shape index (κ2) is 8.15. The van der Waals surface area contributed by atoms with E-state index < -0.39 is 0 Å². The molecule has 1 heterocycles. The van der Waals surface area contributed by atoms with Gasteiger partial charge in [-0.15, -0.1) is 0 Å². The van der Waals surface area contributed by atoms with Crippen LogP contribution >= 0.6 is 11.8 Å². The minimum absolute atomic E-state index is 0.257. The van der Waals surface area contributed by atoms with Crippen LogP contribution in [0.3, 0.4) is 0 Å². The number of hydrogen-bond acceptors (Lipinski definition) is 6. The highest BCUT2D eigenvalue weighted by Gasteiger charge is 1.96. The molecule has 5 nitrogen and oxygen atoms in total. The predicted octanol–water partition coefficient (Wildman–Crippen LogP) is 1.79. The van der Waals surface area contributed by atoms with Crippen LogP contribution in [0.5, 0.6) is 0 Å². The minimum atomic E-state index is 0.257. The van der Waals surface area contributed by atoms with Gasteiger partial charge in [-0.25, -0.2) is 9.97 Å². The fourth-order valence-electron chi connectivity index (χ4n) is 1.19. The van der Waals surface area contributed by atoms with Gasteiger partial charge in [0.2, 0.25) is 11.9 Å². The third-order valence-corrected chi connectivity index (χ3v) is 3.08. The lowest BCUT2D eigenvalue weighted by atomic mass is 10.3. The van der Waals surface area contributed by atoms with Gasteiger partial charge in [0.25, 0.3) is 0 Å². The van der Waals surface area contributed by atoms with E-state index >= 15 is 0 Å². The van der Waals surface area contributed by atoms with Gasteiger partial charge < -0.3 is 11.1 Å². The number of nitrogen functional groups attached to an aromatic ring is 1. The first kappa shape index (κ1) is 13.0. The number of anilines is 2. The van der Waals surface area contributed by atoms with Gasteiger partial charge in [0.05, 0.1) is 0 Å². The van der Waals surface area contributed by atoms with Crippen LogP contribution in [-0.4, -0.2) is 33.0 Å². The first-order chi connectivity index (χ1) is 7.83. The van der Waals surface area contributed by atoms with Crippen LogP contribution in [-0.2, 0) is 0 Å². The van der Waals surface area contributed by atoms with Crippen molar-refractivity contribution < 1.29 is 0 Å². The Morgan fingerprint density at radius 2 is 2.19 bits per heavy atom. The summed E-state index contributed by atoms with van der Waals surface area (Å²) < 4.78 is 0. The van der Waals surface area contributed by atoms with E-state index in [1.165, 1.54) is 31.3 Å². The van der Waals surface area contributed by atoms with Crippen LogP contribution < -0.4 is 11.1 Å². The Bertz CT molecular complexity index is 294. The lowest BCUT2D eigenvalue weighted by Crippen LogP contribution is -2.09. The Morgan fingerprint density at radius 1 is 1.31 bits per heavy atom. The molecule has 6 heteroatoms. The van der Waals surface area contributed by atoms with Crippen molar-refractivity contribution >= 4 is 23.7 Å². The molecule has 0 aliphatic heterocycles. The molecule has 1 aromatic heterocycles. The Balaban J connectivity index is 2.03. The first-order valence-corrected chi connectivity index (χ1v) is 6.74. The third-order valence-electron chi connectivity index (χ3n) is 2.01. The lowest BCUT2D eigenvalue weighted by molar-refractivity contribution is 0.778. The summed E-state index contributed by atoms with van der Waals surface area (Å²) in [5.41, 5.74) is 5.44. The SMILES string of the molecule is CCCCCSCCNc1ncnc(N)n1. The molecule has 1 rings (SSSR count). The lowest BCUT2D eigenvalue weighted by Gasteiger charge is -2.04. The van der Waals surface area contributed by atoms with E-state index in [0.717, 1.165) is 12.3 Å². The van der Waals surface area contributed by atoms with Gasteiger partial charge in [-0.3, -0.25) is 0 Å². The molecule has 0 radical (unpaired) electrons. The molecule has 0 fully saturated rings. The standard InChI is InChI=1S/C10H19N5S/c1-2-3-4-6-16-7-5-12-10-14-8-13-9(11)15-10/h8H,2-7H2,1H3,(H3,11,12,13,14,15). The summed E-state index contributed by atoms with van der Waals surface area (Å²) in [6.45, 7) is 3.08. The Morgan fingerprint density at radius 3 is 2.94 bits per heavy atom. The largest absolute Gasteiger partial charge is 0.368 e. The van der Waals surface area contributed by atoms with Gasteiger partial charge in [-0.2, -0.15) is 16.7 Å². The van der Waals surface area contributed by atoms with Crippen LogP contribution in [0.4, 0.5) is 11.9 Å². The van der Waals surface area contributed by atoms with Crippen molar-refractivity contribution in [3.8, 4) is 0 Å². The highest BCUT2D eigenvalue weighted by atomic mass is 32.2. The monoisotopic (exact) mass is 241 g/mol. The first-order valence-electron chi connectivity index (χ1n) is 5.59. The number of thioether (sulfide) groups is 1. The molecule has 0 aliphatic carbocycles. The van der Waals surface area contributed by atoms with Crippen molar-refractivity contribution in [2.45, 2.75) is 26.2 Å². The van der Waals surface area contributed by atoms with Gasteiger partial charge in [-0.1, -0.05) is 19.8 Å². The molecule has 90 valence electrons. The van der Waals surface area contributed by atoms with E-state index in [4.69, 9.17) is 5.73 Å². The number of unbranched alkanes of at least 4 members (excludes halogenated alkanes) is 2. The van der Waals surface area contributed by atoms with Crippen molar-refractivity contribution in [2.24, 2.45) is 0 Å². The van der Waals surface area contributed by atoms with Gasteiger partial charge >= 0.3 is 0 Å². The second-order valence-corrected chi connectivity index (χ2v) is 4.64. The van der Waals surface area contributed by atoms with Crippen molar-refractivity contribution in [3.05, 3.63) is 6.33 Å². The molecule has 0 saturated carbocycles. The maximum absolute atomic E-state index is 5.44. The van der Waals surface area contributed by atoms with E-state index in [0.29, 0.717) is 5.95 Å². The molecule has 0 bridgehead atoms. The molecule has 0 spiro atoms. The van der Waals surface area contributed by atoms with Crippen LogP contribution in [0.2, 0.25) is 0 Å². The molecule has 16 heavy (non-hydrogen) atoms. The van der Waals surface area contributed by atoms with Crippen molar-refractivity contribution in [1.29, 1.82) is 0 Å². The maximum atomic E-state index is 5.44. The van der Waals surface area contributed by atoms with Gasteiger partial charge in [0.15, 0.2) is 0 Å². The smallest absolute Gasteiger partial charge is 0.227 e. The van der Waals surface area contributed by atoms with E-state index in [2.05, 4.69) is 27.2 Å². The summed E-state index contributed by atoms with van der Waals surface area (Å²) in [4.78, 5) is 11.6. The number of nitrogens with zero attached hydrogens (tertiary/aromatic N) is 3. The summed E-state index contributed by atoms with van der Waals surface area (Å²) >= 11 is 1.95. The van der Waals surface area contributed by atoms with E-state index in [1.54, 1.807) is 0 Å². The molecule has 0 saturated heterocycles. The van der Waals surface area contributed by atoms with Crippen LogP contribution in [0.1, 0.15) is 26.2 Å². The van der Waals surface area contributed by atoms with Crippen molar-refractivity contribution in [1.82, 2.24) is 15.0 Å². The average molecular weight is 241 g/mol. The molecule has 3 N–H and O–H groups in total. The fourth-order valence-corrected chi connectivity index (χ4v) is 2.04.